The molecule has 0 aromatic carbocycles. The van der Waals surface area contributed by atoms with E-state index < -0.39 is 0 Å². The van der Waals surface area contributed by atoms with Crippen LogP contribution in [-0.4, -0.2) is 24.3 Å². The quantitative estimate of drug-likeness (QED) is 0.481. The summed E-state index contributed by atoms with van der Waals surface area (Å²) in [7, 11) is 0. The molecule has 0 aromatic heterocycles. The van der Waals surface area contributed by atoms with E-state index in [1.54, 1.807) is 0 Å². The third-order valence-corrected chi connectivity index (χ3v) is 3.32. The highest BCUT2D eigenvalue weighted by molar-refractivity contribution is 4.60. The monoisotopic (exact) mass is 243 g/mol. The van der Waals surface area contributed by atoms with E-state index in [2.05, 4.69) is 19.2 Å². The van der Waals surface area contributed by atoms with E-state index in [4.69, 9.17) is 5.11 Å². The summed E-state index contributed by atoms with van der Waals surface area (Å²) in [4.78, 5) is 0. The molecule has 0 aromatic rings. The van der Waals surface area contributed by atoms with Gasteiger partial charge in [-0.3, -0.25) is 0 Å². The molecule has 104 valence electrons. The van der Waals surface area contributed by atoms with Gasteiger partial charge in [-0.15, -0.1) is 0 Å². The van der Waals surface area contributed by atoms with Gasteiger partial charge in [0.05, 0.1) is 0 Å². The summed E-state index contributed by atoms with van der Waals surface area (Å²) >= 11 is 0. The predicted octanol–water partition coefficient (Wildman–Crippen LogP) is 3.88. The number of hydrogen-bond donors (Lipinski definition) is 2. The summed E-state index contributed by atoms with van der Waals surface area (Å²) < 4.78 is 0. The normalized spacial score (nSPS) is 12.9. The first-order valence-electron chi connectivity index (χ1n) is 7.65. The second kappa shape index (κ2) is 14.0. The van der Waals surface area contributed by atoms with Crippen LogP contribution in [-0.2, 0) is 0 Å². The summed E-state index contributed by atoms with van der Waals surface area (Å²) in [5, 5.41) is 12.2. The first kappa shape index (κ1) is 16.9. The molecule has 0 aliphatic rings. The van der Waals surface area contributed by atoms with Crippen molar-refractivity contribution in [3.63, 3.8) is 0 Å². The highest BCUT2D eigenvalue weighted by atomic mass is 16.2. The van der Waals surface area contributed by atoms with Gasteiger partial charge in [0.25, 0.3) is 0 Å². The second-order valence-corrected chi connectivity index (χ2v) is 5.20. The molecule has 2 N–H and O–H groups in total. The van der Waals surface area contributed by atoms with Crippen LogP contribution in [0.3, 0.4) is 0 Å². The molecule has 17 heavy (non-hydrogen) atoms. The first-order valence-corrected chi connectivity index (χ1v) is 7.65. The van der Waals surface area contributed by atoms with Crippen LogP contribution in [0.1, 0.15) is 78.1 Å². The van der Waals surface area contributed by atoms with E-state index >= 15 is 0 Å². The molecule has 1 atom stereocenters. The van der Waals surface area contributed by atoms with Gasteiger partial charge < -0.3 is 10.4 Å². The van der Waals surface area contributed by atoms with E-state index in [-0.39, 0.29) is 0 Å². The Labute approximate surface area is 108 Å². The van der Waals surface area contributed by atoms with Crippen LogP contribution in [0.4, 0.5) is 0 Å². The van der Waals surface area contributed by atoms with Crippen LogP contribution in [0.5, 0.6) is 0 Å². The van der Waals surface area contributed by atoms with Crippen LogP contribution < -0.4 is 5.32 Å². The smallest absolute Gasteiger partial charge is 0.0431 e. The highest BCUT2D eigenvalue weighted by Crippen LogP contribution is 2.07. The van der Waals surface area contributed by atoms with Gasteiger partial charge in [0.2, 0.25) is 0 Å². The minimum atomic E-state index is 0.349. The molecule has 0 bridgehead atoms. The Morgan fingerprint density at radius 1 is 0.882 bits per heavy atom. The molecular formula is C15H33NO. The van der Waals surface area contributed by atoms with E-state index in [0.717, 1.165) is 13.0 Å². The number of aliphatic hydroxyl groups is 1. The van der Waals surface area contributed by atoms with Crippen LogP contribution in [0, 0.1) is 0 Å². The van der Waals surface area contributed by atoms with Crippen LogP contribution in [0.15, 0.2) is 0 Å². The third kappa shape index (κ3) is 13.9. The maximum Gasteiger partial charge on any atom is 0.0431 e. The molecule has 0 aliphatic heterocycles. The summed E-state index contributed by atoms with van der Waals surface area (Å²) in [6.07, 6.45) is 12.9. The molecule has 0 saturated heterocycles. The fraction of sp³-hybridized carbons (Fsp3) is 1.00. The van der Waals surface area contributed by atoms with E-state index in [1.165, 1.54) is 57.8 Å². The number of aliphatic hydroxyl groups excluding tert-OH is 1. The van der Waals surface area contributed by atoms with Crippen molar-refractivity contribution < 1.29 is 5.11 Å². The van der Waals surface area contributed by atoms with E-state index in [0.29, 0.717) is 12.6 Å². The van der Waals surface area contributed by atoms with Crippen molar-refractivity contribution in [3.05, 3.63) is 0 Å². The largest absolute Gasteiger partial charge is 0.396 e. The molecule has 0 amide bonds. The Morgan fingerprint density at radius 2 is 1.53 bits per heavy atom. The zero-order valence-corrected chi connectivity index (χ0v) is 12.0. The van der Waals surface area contributed by atoms with Crippen LogP contribution in [0.25, 0.3) is 0 Å². The molecule has 0 rings (SSSR count). The molecule has 1 unspecified atom stereocenters. The Hall–Kier alpha value is -0.0800. The maximum atomic E-state index is 8.65. The number of unbranched alkanes of at least 4 members (excludes halogenated alkanes) is 7. The van der Waals surface area contributed by atoms with E-state index in [9.17, 15) is 0 Å². The summed E-state index contributed by atoms with van der Waals surface area (Å²) in [5.41, 5.74) is 0. The Kier molecular flexibility index (Phi) is 13.9. The van der Waals surface area contributed by atoms with Gasteiger partial charge in [-0.25, -0.2) is 0 Å². The van der Waals surface area contributed by atoms with Gasteiger partial charge >= 0.3 is 0 Å². The van der Waals surface area contributed by atoms with E-state index in [1.807, 2.05) is 0 Å². The third-order valence-electron chi connectivity index (χ3n) is 3.32. The minimum absolute atomic E-state index is 0.349. The maximum absolute atomic E-state index is 8.65. The lowest BCUT2D eigenvalue weighted by atomic mass is 10.1. The molecular weight excluding hydrogens is 210 g/mol. The van der Waals surface area contributed by atoms with Gasteiger partial charge in [0, 0.05) is 12.6 Å². The topological polar surface area (TPSA) is 32.3 Å². The Bertz CT molecular complexity index is 139. The number of nitrogens with one attached hydrogen (secondary N) is 1. The summed E-state index contributed by atoms with van der Waals surface area (Å²) in [6, 6.07) is 0.675. The summed E-state index contributed by atoms with van der Waals surface area (Å²) in [6.45, 7) is 6.05. The minimum Gasteiger partial charge on any atom is -0.396 e. The van der Waals surface area contributed by atoms with Gasteiger partial charge in [-0.05, 0) is 32.7 Å². The Balaban J connectivity index is 3.09. The molecule has 0 radical (unpaired) electrons. The zero-order valence-electron chi connectivity index (χ0n) is 12.0. The molecule has 2 heteroatoms. The van der Waals surface area contributed by atoms with Crippen LogP contribution >= 0.6 is 0 Å². The molecule has 2 nitrogen and oxygen atoms in total. The van der Waals surface area contributed by atoms with Gasteiger partial charge in [-0.1, -0.05) is 51.9 Å². The predicted molar refractivity (Wildman–Crippen MR) is 76.4 cm³/mol. The van der Waals surface area contributed by atoms with Crippen molar-refractivity contribution in [1.29, 1.82) is 0 Å². The fourth-order valence-electron chi connectivity index (χ4n) is 2.09. The van der Waals surface area contributed by atoms with Crippen molar-refractivity contribution in [3.8, 4) is 0 Å². The standard InChI is InChI=1S/C15H33NO/c1-3-4-5-6-9-12-15(2)16-13-10-7-8-11-14-17/h15-17H,3-14H2,1-2H3. The molecule has 0 heterocycles. The van der Waals surface area contributed by atoms with Gasteiger partial charge in [0.1, 0.15) is 0 Å². The Morgan fingerprint density at radius 3 is 2.24 bits per heavy atom. The second-order valence-electron chi connectivity index (χ2n) is 5.20. The fourth-order valence-corrected chi connectivity index (χ4v) is 2.09. The van der Waals surface area contributed by atoms with Crippen molar-refractivity contribution in [2.45, 2.75) is 84.1 Å². The average Bonchev–Trinajstić information content (AvgIpc) is 2.33. The number of hydrogen-bond acceptors (Lipinski definition) is 2. The lowest BCUT2D eigenvalue weighted by Crippen LogP contribution is -2.26. The zero-order chi connectivity index (χ0) is 12.8. The van der Waals surface area contributed by atoms with Crippen molar-refractivity contribution >= 4 is 0 Å². The number of rotatable bonds is 13. The summed E-state index contributed by atoms with van der Waals surface area (Å²) in [5.74, 6) is 0. The first-order chi connectivity index (χ1) is 8.31. The molecule has 0 fully saturated rings. The SMILES string of the molecule is CCCCCCCC(C)NCCCCCCO. The lowest BCUT2D eigenvalue weighted by Gasteiger charge is -2.13. The van der Waals surface area contributed by atoms with Gasteiger partial charge in [-0.2, -0.15) is 0 Å². The average molecular weight is 243 g/mol. The molecule has 0 aliphatic carbocycles. The molecule has 0 saturated carbocycles. The van der Waals surface area contributed by atoms with Crippen LogP contribution in [0.2, 0.25) is 0 Å². The van der Waals surface area contributed by atoms with Crippen molar-refractivity contribution in [1.82, 2.24) is 5.32 Å². The highest BCUT2D eigenvalue weighted by Gasteiger charge is 2.00. The van der Waals surface area contributed by atoms with Gasteiger partial charge in [0.15, 0.2) is 0 Å². The van der Waals surface area contributed by atoms with Crippen molar-refractivity contribution in [2.24, 2.45) is 0 Å². The molecule has 0 spiro atoms. The lowest BCUT2D eigenvalue weighted by molar-refractivity contribution is 0.282. The van der Waals surface area contributed by atoms with Crippen molar-refractivity contribution in [2.75, 3.05) is 13.2 Å².